The van der Waals surface area contributed by atoms with E-state index < -0.39 is 0 Å². The Morgan fingerprint density at radius 3 is 2.79 bits per heavy atom. The molecule has 1 nitrogen and oxygen atoms in total. The molecule has 5 atom stereocenters. The van der Waals surface area contributed by atoms with Crippen LogP contribution in [0, 0.1) is 37.5 Å². The number of hydrogen-bond acceptors (Lipinski definition) is 2. The third kappa shape index (κ3) is 1.99. The van der Waals surface area contributed by atoms with Crippen molar-refractivity contribution in [3.05, 3.63) is 21.4 Å². The van der Waals surface area contributed by atoms with Crippen molar-refractivity contribution in [2.45, 2.75) is 58.5 Å². The highest BCUT2D eigenvalue weighted by Crippen LogP contribution is 2.58. The van der Waals surface area contributed by atoms with Gasteiger partial charge in [0.15, 0.2) is 0 Å². The summed E-state index contributed by atoms with van der Waals surface area (Å²) in [6.45, 7) is 5.57. The molecule has 0 aromatic carbocycles. The lowest BCUT2D eigenvalue weighted by Gasteiger charge is -2.32. The van der Waals surface area contributed by atoms with E-state index in [-0.39, 0.29) is 0 Å². The summed E-state index contributed by atoms with van der Waals surface area (Å²) < 4.78 is 0. The fourth-order valence-corrected chi connectivity index (χ4v) is 6.28. The minimum atomic E-state index is 0.826. The topological polar surface area (TPSA) is 12.0 Å². The van der Waals surface area contributed by atoms with Crippen LogP contribution in [0.4, 0.5) is 0 Å². The first-order valence-corrected chi connectivity index (χ1v) is 8.83. The van der Waals surface area contributed by atoms with Crippen molar-refractivity contribution in [3.63, 3.8) is 0 Å². The summed E-state index contributed by atoms with van der Waals surface area (Å²) in [7, 11) is 0. The molecule has 19 heavy (non-hydrogen) atoms. The first-order valence-electron chi connectivity index (χ1n) is 8.01. The van der Waals surface area contributed by atoms with Gasteiger partial charge in [0.05, 0.1) is 0 Å². The van der Waals surface area contributed by atoms with E-state index in [2.05, 4.69) is 25.2 Å². The minimum Gasteiger partial charge on any atom is -0.309 e. The van der Waals surface area contributed by atoms with Crippen molar-refractivity contribution in [2.75, 3.05) is 0 Å². The van der Waals surface area contributed by atoms with Crippen LogP contribution in [0.3, 0.4) is 0 Å². The Morgan fingerprint density at radius 1 is 1.16 bits per heavy atom. The van der Waals surface area contributed by atoms with Crippen molar-refractivity contribution in [2.24, 2.45) is 23.7 Å². The number of thiophene rings is 1. The molecule has 104 valence electrons. The van der Waals surface area contributed by atoms with Gasteiger partial charge in [0.25, 0.3) is 0 Å². The van der Waals surface area contributed by atoms with E-state index in [4.69, 9.17) is 0 Å². The van der Waals surface area contributed by atoms with Crippen LogP contribution in [0.1, 0.15) is 47.4 Å². The molecule has 2 bridgehead atoms. The Balaban J connectivity index is 1.40. The Bertz CT molecular complexity index is 458. The molecule has 0 saturated heterocycles. The number of nitrogens with one attached hydrogen (secondary N) is 1. The van der Waals surface area contributed by atoms with E-state index in [9.17, 15) is 0 Å². The van der Waals surface area contributed by atoms with Gasteiger partial charge < -0.3 is 5.32 Å². The smallest absolute Gasteiger partial charge is 0.0302 e. The van der Waals surface area contributed by atoms with Crippen LogP contribution in [-0.4, -0.2) is 6.04 Å². The minimum absolute atomic E-state index is 0.826. The number of rotatable bonds is 3. The summed E-state index contributed by atoms with van der Waals surface area (Å²) in [5.41, 5.74) is 1.46. The van der Waals surface area contributed by atoms with Gasteiger partial charge in [-0.15, -0.1) is 11.3 Å². The van der Waals surface area contributed by atoms with Gasteiger partial charge in [0, 0.05) is 22.3 Å². The third-order valence-corrected chi connectivity index (χ3v) is 7.34. The molecule has 1 aromatic rings. The Labute approximate surface area is 120 Å². The first kappa shape index (κ1) is 12.4. The highest BCUT2D eigenvalue weighted by Gasteiger charge is 2.53. The quantitative estimate of drug-likeness (QED) is 0.868. The summed E-state index contributed by atoms with van der Waals surface area (Å²) in [5, 5.41) is 3.89. The molecular formula is C17H25NS. The van der Waals surface area contributed by atoms with E-state index in [0.29, 0.717) is 0 Å². The molecule has 3 fully saturated rings. The monoisotopic (exact) mass is 275 g/mol. The van der Waals surface area contributed by atoms with Gasteiger partial charge >= 0.3 is 0 Å². The molecule has 3 aliphatic rings. The average Bonchev–Trinajstić information content (AvgIpc) is 3.09. The second-order valence-electron chi connectivity index (χ2n) is 7.09. The summed E-state index contributed by atoms with van der Waals surface area (Å²) in [4.78, 5) is 3.02. The maximum absolute atomic E-state index is 3.89. The molecule has 1 aromatic heterocycles. The number of aryl methyl sites for hydroxylation is 2. The van der Waals surface area contributed by atoms with Crippen LogP contribution in [0.15, 0.2) is 6.07 Å². The lowest BCUT2D eigenvalue weighted by atomic mass is 9.79. The maximum Gasteiger partial charge on any atom is 0.0302 e. The Kier molecular flexibility index (Phi) is 3.00. The van der Waals surface area contributed by atoms with Crippen molar-refractivity contribution < 1.29 is 0 Å². The van der Waals surface area contributed by atoms with Crippen molar-refractivity contribution in [1.29, 1.82) is 0 Å². The highest BCUT2D eigenvalue weighted by molar-refractivity contribution is 7.12. The highest BCUT2D eigenvalue weighted by atomic mass is 32.1. The predicted molar refractivity (Wildman–Crippen MR) is 81.5 cm³/mol. The summed E-state index contributed by atoms with van der Waals surface area (Å²) >= 11 is 1.97. The molecule has 0 spiro atoms. The molecule has 0 aliphatic heterocycles. The van der Waals surface area contributed by atoms with Gasteiger partial charge in [0.2, 0.25) is 0 Å². The van der Waals surface area contributed by atoms with E-state index in [1.807, 2.05) is 11.3 Å². The second-order valence-corrected chi connectivity index (χ2v) is 8.43. The molecule has 2 heteroatoms. The molecule has 1 heterocycles. The predicted octanol–water partition coefficient (Wildman–Crippen LogP) is 4.28. The van der Waals surface area contributed by atoms with Crippen LogP contribution in [0.5, 0.6) is 0 Å². The standard InChI is InChI=1S/C17H25NS/c1-10-6-13(19-11(10)2)9-18-17-8-12-7-16(17)15-5-3-4-14(12)15/h6,12,14-18H,3-5,7-9H2,1-2H3. The van der Waals surface area contributed by atoms with Crippen molar-refractivity contribution in [1.82, 2.24) is 5.32 Å². The molecule has 3 aliphatic carbocycles. The fourth-order valence-electron chi connectivity index (χ4n) is 5.27. The molecule has 4 rings (SSSR count). The van der Waals surface area contributed by atoms with Crippen LogP contribution in [-0.2, 0) is 6.54 Å². The molecule has 1 N–H and O–H groups in total. The molecule has 5 unspecified atom stereocenters. The van der Waals surface area contributed by atoms with E-state index >= 15 is 0 Å². The molecule has 3 saturated carbocycles. The van der Waals surface area contributed by atoms with E-state index in [0.717, 1.165) is 36.3 Å². The fraction of sp³-hybridized carbons (Fsp3) is 0.765. The van der Waals surface area contributed by atoms with Crippen molar-refractivity contribution in [3.8, 4) is 0 Å². The third-order valence-electron chi connectivity index (χ3n) is 6.18. The van der Waals surface area contributed by atoms with Gasteiger partial charge in [-0.2, -0.15) is 0 Å². The summed E-state index contributed by atoms with van der Waals surface area (Å²) in [6, 6.07) is 3.20. The van der Waals surface area contributed by atoms with Crippen LogP contribution >= 0.6 is 11.3 Å². The zero-order chi connectivity index (χ0) is 13.0. The summed E-state index contributed by atoms with van der Waals surface area (Å²) in [5.74, 6) is 4.29. The molecule has 0 radical (unpaired) electrons. The lowest BCUT2D eigenvalue weighted by Crippen LogP contribution is -2.38. The largest absolute Gasteiger partial charge is 0.309 e. The normalized spacial score (nSPS) is 40.0. The molecular weight excluding hydrogens is 250 g/mol. The Morgan fingerprint density at radius 2 is 2.00 bits per heavy atom. The summed E-state index contributed by atoms with van der Waals surface area (Å²) in [6.07, 6.45) is 7.59. The van der Waals surface area contributed by atoms with Gasteiger partial charge in [-0.1, -0.05) is 6.42 Å². The lowest BCUT2D eigenvalue weighted by molar-refractivity contribution is 0.208. The second kappa shape index (κ2) is 4.60. The van der Waals surface area contributed by atoms with Gasteiger partial charge in [-0.25, -0.2) is 0 Å². The number of hydrogen-bond donors (Lipinski definition) is 1. The van der Waals surface area contributed by atoms with Gasteiger partial charge in [0.1, 0.15) is 0 Å². The van der Waals surface area contributed by atoms with Crippen LogP contribution < -0.4 is 5.32 Å². The van der Waals surface area contributed by atoms with Gasteiger partial charge in [-0.3, -0.25) is 0 Å². The first-order chi connectivity index (χ1) is 9.22. The Hall–Kier alpha value is -0.340. The molecule has 0 amide bonds. The van der Waals surface area contributed by atoms with Crippen molar-refractivity contribution >= 4 is 11.3 Å². The van der Waals surface area contributed by atoms with E-state index in [1.165, 1.54) is 41.0 Å². The zero-order valence-corrected chi connectivity index (χ0v) is 12.9. The maximum atomic E-state index is 3.89. The van der Waals surface area contributed by atoms with Gasteiger partial charge in [-0.05, 0) is 74.8 Å². The zero-order valence-electron chi connectivity index (χ0n) is 12.1. The average molecular weight is 275 g/mol. The number of fused-ring (bicyclic) bond motifs is 5. The van der Waals surface area contributed by atoms with Crippen LogP contribution in [0.2, 0.25) is 0 Å². The van der Waals surface area contributed by atoms with Crippen LogP contribution in [0.25, 0.3) is 0 Å². The SMILES string of the molecule is Cc1cc(CNC2CC3CC2C2CCCC32)sc1C. The van der Waals surface area contributed by atoms with E-state index in [1.54, 1.807) is 6.42 Å².